The lowest BCUT2D eigenvalue weighted by molar-refractivity contribution is -0.383. The van der Waals surface area contributed by atoms with Crippen LogP contribution in [0.1, 0.15) is 20.7 Å². The Morgan fingerprint density at radius 3 is 1.69 bits per heavy atom. The van der Waals surface area contributed by atoms with Crippen molar-refractivity contribution in [1.29, 1.82) is 0 Å². The predicted octanol–water partition coefficient (Wildman–Crippen LogP) is 5.04. The van der Waals surface area contributed by atoms with Gasteiger partial charge in [0.1, 0.15) is 0 Å². The van der Waals surface area contributed by atoms with Gasteiger partial charge in [0.15, 0.2) is 0 Å². The molecule has 0 aliphatic rings. The molecule has 5 aromatic carbocycles. The van der Waals surface area contributed by atoms with Gasteiger partial charge >= 0.3 is 11.9 Å². The van der Waals surface area contributed by atoms with Gasteiger partial charge in [0, 0.05) is 16.8 Å². The summed E-state index contributed by atoms with van der Waals surface area (Å²) in [6, 6.07) is 14.3. The first-order valence-electron chi connectivity index (χ1n) is 8.67. The van der Waals surface area contributed by atoms with Gasteiger partial charge in [-0.3, -0.25) is 10.1 Å². The van der Waals surface area contributed by atoms with Crippen molar-refractivity contribution in [2.24, 2.45) is 0 Å². The molecule has 0 aliphatic carbocycles. The Labute approximate surface area is 161 Å². The van der Waals surface area contributed by atoms with E-state index in [1.54, 1.807) is 36.4 Å². The van der Waals surface area contributed by atoms with E-state index in [1.807, 2.05) is 0 Å². The van der Waals surface area contributed by atoms with Crippen LogP contribution < -0.4 is 0 Å². The highest BCUT2D eigenvalue weighted by molar-refractivity contribution is 6.36. The number of carboxylic acids is 2. The van der Waals surface area contributed by atoms with Crippen LogP contribution in [0.3, 0.4) is 0 Å². The summed E-state index contributed by atoms with van der Waals surface area (Å²) in [7, 11) is 0. The number of hydrogen-bond acceptors (Lipinski definition) is 4. The van der Waals surface area contributed by atoms with Crippen LogP contribution >= 0.6 is 0 Å². The molecule has 7 heteroatoms. The van der Waals surface area contributed by atoms with Crippen molar-refractivity contribution < 1.29 is 24.7 Å². The van der Waals surface area contributed by atoms with Crippen LogP contribution in [0, 0.1) is 10.1 Å². The average molecular weight is 385 g/mol. The van der Waals surface area contributed by atoms with Crippen LogP contribution in [0.4, 0.5) is 5.69 Å². The van der Waals surface area contributed by atoms with Crippen molar-refractivity contribution in [2.45, 2.75) is 0 Å². The lowest BCUT2D eigenvalue weighted by atomic mass is 9.86. The molecule has 0 spiro atoms. The van der Waals surface area contributed by atoms with Crippen molar-refractivity contribution >= 4 is 60.7 Å². The fourth-order valence-electron chi connectivity index (χ4n) is 4.30. The van der Waals surface area contributed by atoms with Crippen LogP contribution in [-0.4, -0.2) is 27.1 Å². The molecule has 0 aliphatic heterocycles. The molecule has 0 unspecified atom stereocenters. The Balaban J connectivity index is 2.16. The van der Waals surface area contributed by atoms with Crippen LogP contribution in [-0.2, 0) is 0 Å². The van der Waals surface area contributed by atoms with E-state index in [1.165, 1.54) is 18.2 Å². The van der Waals surface area contributed by atoms with E-state index < -0.39 is 16.9 Å². The maximum Gasteiger partial charge on any atom is 0.336 e. The molecule has 0 bridgehead atoms. The molecule has 5 rings (SSSR count). The molecule has 0 atom stereocenters. The molecule has 0 fully saturated rings. The average Bonchev–Trinajstić information content (AvgIpc) is 2.70. The Morgan fingerprint density at radius 1 is 0.655 bits per heavy atom. The molecule has 0 heterocycles. The van der Waals surface area contributed by atoms with Gasteiger partial charge in [-0.25, -0.2) is 9.59 Å². The smallest absolute Gasteiger partial charge is 0.336 e. The summed E-state index contributed by atoms with van der Waals surface area (Å²) in [5, 5.41) is 35.4. The zero-order valence-electron chi connectivity index (χ0n) is 14.7. The van der Waals surface area contributed by atoms with E-state index in [9.17, 15) is 29.9 Å². The summed E-state index contributed by atoms with van der Waals surface area (Å²) in [4.78, 5) is 34.7. The molecular weight excluding hydrogens is 374 g/mol. The van der Waals surface area contributed by atoms with Gasteiger partial charge in [-0.2, -0.15) is 0 Å². The molecule has 2 N–H and O–H groups in total. The lowest BCUT2D eigenvalue weighted by Gasteiger charge is -2.16. The standard InChI is InChI=1S/C22H11NO6/c24-21(25)15-6-4-12-10-2-1-3-14-17(23(28)29)9-8-11(18(10)14)13-5-7-16(22(26)27)20(15)19(12)13/h1-9H,(H,24,25)(H,26,27). The number of rotatable bonds is 3. The Hall–Kier alpha value is -4.26. The molecule has 0 saturated heterocycles. The number of nitrogens with zero attached hydrogens (tertiary/aromatic N) is 1. The third-order valence-corrected chi connectivity index (χ3v) is 5.42. The fraction of sp³-hybridized carbons (Fsp3) is 0. The second kappa shape index (κ2) is 5.62. The van der Waals surface area contributed by atoms with Gasteiger partial charge in [0.2, 0.25) is 0 Å². The summed E-state index contributed by atoms with van der Waals surface area (Å²) < 4.78 is 0. The minimum atomic E-state index is -1.22. The second-order valence-corrected chi connectivity index (χ2v) is 6.80. The van der Waals surface area contributed by atoms with Gasteiger partial charge in [-0.15, -0.1) is 0 Å². The first-order chi connectivity index (χ1) is 13.9. The molecule has 29 heavy (non-hydrogen) atoms. The second-order valence-electron chi connectivity index (χ2n) is 6.80. The highest BCUT2D eigenvalue weighted by Crippen LogP contribution is 2.44. The number of carbonyl (C=O) groups is 2. The monoisotopic (exact) mass is 385 g/mol. The van der Waals surface area contributed by atoms with E-state index in [2.05, 4.69) is 0 Å². The first-order valence-corrected chi connectivity index (χ1v) is 8.67. The quantitative estimate of drug-likeness (QED) is 0.194. The minimum absolute atomic E-state index is 0.0189. The molecule has 5 aromatic rings. The molecule has 0 aromatic heterocycles. The summed E-state index contributed by atoms with van der Waals surface area (Å²) in [6.07, 6.45) is 0. The molecular formula is C22H11NO6. The predicted molar refractivity (Wildman–Crippen MR) is 108 cm³/mol. The van der Waals surface area contributed by atoms with Crippen LogP contribution in [0.2, 0.25) is 0 Å². The number of hydrogen-bond donors (Lipinski definition) is 2. The number of nitro benzene ring substituents is 1. The van der Waals surface area contributed by atoms with Crippen LogP contribution in [0.5, 0.6) is 0 Å². The third kappa shape index (κ3) is 2.12. The SMILES string of the molecule is O=C(O)c1ccc2c3cccc4c([N+](=O)[O-])ccc(c5ccc(C(=O)O)c1c25)c43. The molecule has 140 valence electrons. The van der Waals surface area contributed by atoms with Gasteiger partial charge in [0.05, 0.1) is 21.4 Å². The zero-order chi connectivity index (χ0) is 20.4. The fourth-order valence-corrected chi connectivity index (χ4v) is 4.30. The summed E-state index contributed by atoms with van der Waals surface area (Å²) in [5.74, 6) is -2.44. The zero-order valence-corrected chi connectivity index (χ0v) is 14.7. The molecule has 0 amide bonds. The Kier molecular flexibility index (Phi) is 3.27. The van der Waals surface area contributed by atoms with Gasteiger partial charge < -0.3 is 10.2 Å². The Morgan fingerprint density at radius 2 is 1.14 bits per heavy atom. The van der Waals surface area contributed by atoms with Crippen molar-refractivity contribution in [2.75, 3.05) is 0 Å². The summed E-state index contributed by atoms with van der Waals surface area (Å²) in [6.45, 7) is 0. The highest BCUT2D eigenvalue weighted by Gasteiger charge is 2.23. The lowest BCUT2D eigenvalue weighted by Crippen LogP contribution is -2.05. The number of fused-ring (bicyclic) bond motifs is 2. The summed E-state index contributed by atoms with van der Waals surface area (Å²) in [5.41, 5.74) is -0.212. The molecule has 0 radical (unpaired) electrons. The maximum atomic E-state index is 11.8. The van der Waals surface area contributed by atoms with Crippen LogP contribution in [0.15, 0.2) is 54.6 Å². The summed E-state index contributed by atoms with van der Waals surface area (Å²) >= 11 is 0. The Bertz CT molecular complexity index is 1470. The molecule has 7 nitrogen and oxygen atoms in total. The van der Waals surface area contributed by atoms with Crippen molar-refractivity contribution in [3.8, 4) is 0 Å². The van der Waals surface area contributed by atoms with Crippen molar-refractivity contribution in [1.82, 2.24) is 0 Å². The number of carboxylic acid groups (broad SMARTS) is 2. The minimum Gasteiger partial charge on any atom is -0.478 e. The number of benzene rings is 5. The van der Waals surface area contributed by atoms with E-state index in [0.29, 0.717) is 37.7 Å². The number of aromatic carboxylic acids is 2. The van der Waals surface area contributed by atoms with Crippen molar-refractivity contribution in [3.63, 3.8) is 0 Å². The van der Waals surface area contributed by atoms with E-state index >= 15 is 0 Å². The van der Waals surface area contributed by atoms with E-state index in [4.69, 9.17) is 0 Å². The normalized spacial score (nSPS) is 11.6. The first kappa shape index (κ1) is 16.9. The largest absolute Gasteiger partial charge is 0.478 e. The van der Waals surface area contributed by atoms with Gasteiger partial charge in [-0.05, 0) is 51.2 Å². The number of non-ortho nitro benzene ring substituents is 1. The number of nitro groups is 1. The van der Waals surface area contributed by atoms with Crippen molar-refractivity contribution in [3.05, 3.63) is 75.8 Å². The molecule has 0 saturated carbocycles. The third-order valence-electron chi connectivity index (χ3n) is 5.42. The van der Waals surface area contributed by atoms with Gasteiger partial charge in [0.25, 0.3) is 5.69 Å². The van der Waals surface area contributed by atoms with E-state index in [0.717, 1.165) is 0 Å². The maximum absolute atomic E-state index is 11.8. The van der Waals surface area contributed by atoms with Crippen LogP contribution in [0.25, 0.3) is 43.1 Å². The van der Waals surface area contributed by atoms with E-state index in [-0.39, 0.29) is 22.2 Å². The van der Waals surface area contributed by atoms with Gasteiger partial charge in [-0.1, -0.05) is 24.3 Å². The highest BCUT2D eigenvalue weighted by atomic mass is 16.6. The topological polar surface area (TPSA) is 118 Å².